The largest absolute Gasteiger partial charge is 1.00 e. The van der Waals surface area contributed by atoms with Gasteiger partial charge in [0.15, 0.2) is 30.9 Å². The number of amides is 2. The third kappa shape index (κ3) is 48.9. The number of carboxylic acids is 4. The number of pyridine rings is 2. The quantitative estimate of drug-likeness (QED) is 0.0119. The van der Waals surface area contributed by atoms with Crippen LogP contribution in [0.1, 0.15) is 194 Å². The number of carbonyl (C=O) groups excluding carboxylic acids is 5. The fourth-order valence-corrected chi connectivity index (χ4v) is 10.3. The molecule has 7 N–H and O–H groups in total. The summed E-state index contributed by atoms with van der Waals surface area (Å²) in [4.78, 5) is 106. The van der Waals surface area contributed by atoms with Crippen molar-refractivity contribution in [3.8, 4) is 0 Å². The number of carbonyl (C=O) groups is 9. The zero-order chi connectivity index (χ0) is 69.0. The van der Waals surface area contributed by atoms with Crippen molar-refractivity contribution in [1.82, 2.24) is 9.80 Å². The second-order valence-corrected chi connectivity index (χ2v) is 27.6. The van der Waals surface area contributed by atoms with Gasteiger partial charge in [0.2, 0.25) is 0 Å². The predicted octanol–water partition coefficient (Wildman–Crippen LogP) is 5.98. The summed E-state index contributed by atoms with van der Waals surface area (Å²) >= 11 is 5.28. The second-order valence-electron chi connectivity index (χ2n) is 25.9. The van der Waals surface area contributed by atoms with E-state index in [1.807, 2.05) is 69.2 Å². The van der Waals surface area contributed by atoms with Crippen LogP contribution in [0.15, 0.2) is 49.1 Å². The molecule has 0 bridgehead atoms. The van der Waals surface area contributed by atoms with E-state index in [1.54, 1.807) is 86.4 Å². The van der Waals surface area contributed by atoms with Crippen molar-refractivity contribution in [2.24, 2.45) is 51.1 Å². The lowest BCUT2D eigenvalue weighted by Crippen LogP contribution is -3.00. The normalized spacial score (nSPS) is 13.5. The number of rotatable bonds is 33. The fourth-order valence-electron chi connectivity index (χ4n) is 10.2. The van der Waals surface area contributed by atoms with Crippen LogP contribution in [0, 0.1) is 45.3 Å². The standard InChI is InChI=1S/2C20H30N2O5.C12H21ClO4.C9H19NO2.CH4O3S.HI/c2*1-15(2)11-20(3,12-17(23)24)9-8-18(25)27-14-22-10-6-7-16(13-22)19(26)21(4)5;1-9(2)6-12(3,7-10(14)15)5-4-11(16)17-8-13;1-7(2)4-9(3,6-10)5-8(11)12;1-5(2,3)4;/h2*6-7,10,13,15H,8-9,11-12,14H2,1-5H3;9H,4-8H2,1-3H3,(H,14,15);7H,4-6,10H2,1-3H3,(H,11,12);1H3,(H,2,3,4);1H/p+1/t2*20-;12-;9-;;/m0000../s1. The van der Waals surface area contributed by atoms with Gasteiger partial charge in [0, 0.05) is 59.6 Å². The summed E-state index contributed by atoms with van der Waals surface area (Å²) in [6.45, 7) is 24.5. The Morgan fingerprint density at radius 1 is 0.528 bits per heavy atom. The Morgan fingerprint density at radius 3 is 1.00 bits per heavy atom. The van der Waals surface area contributed by atoms with E-state index in [1.165, 1.54) is 9.80 Å². The summed E-state index contributed by atoms with van der Waals surface area (Å²) in [7, 11) is 3.02. The number of hydrogen-bond acceptors (Lipinski definition) is 15. The average Bonchev–Trinajstić information content (AvgIpc) is 3.60. The van der Waals surface area contributed by atoms with Gasteiger partial charge in [-0.25, -0.2) is 0 Å². The van der Waals surface area contributed by atoms with E-state index in [0.29, 0.717) is 66.9 Å². The average molecular weight is 1420 g/mol. The lowest BCUT2D eigenvalue weighted by Gasteiger charge is -2.29. The van der Waals surface area contributed by atoms with Crippen LogP contribution in [-0.2, 0) is 71.4 Å². The van der Waals surface area contributed by atoms with E-state index < -0.39 is 44.8 Å². The van der Waals surface area contributed by atoms with Gasteiger partial charge in [-0.2, -0.15) is 17.6 Å². The number of alkyl halides is 1. The maximum atomic E-state index is 12.1. The molecule has 0 fully saturated rings. The summed E-state index contributed by atoms with van der Waals surface area (Å²) in [5.74, 6) is -3.13. The van der Waals surface area contributed by atoms with Crippen LogP contribution < -0.4 is 38.8 Å². The Hall–Kier alpha value is -5.58. The molecule has 0 aromatic carbocycles. The molecule has 2 heterocycles. The fraction of sp³-hybridized carbons (Fsp3) is 0.694. The molecule has 0 spiro atoms. The molecule has 0 aliphatic carbocycles. The van der Waals surface area contributed by atoms with Gasteiger partial charge in [0.05, 0.1) is 31.9 Å². The summed E-state index contributed by atoms with van der Waals surface area (Å²) in [5, 5.41) is 35.8. The highest BCUT2D eigenvalue weighted by molar-refractivity contribution is 7.85. The highest BCUT2D eigenvalue weighted by Gasteiger charge is 2.33. The maximum Gasteiger partial charge on any atom is 0.310 e. The molecule has 2 amide bonds. The number of esters is 3. The van der Waals surface area contributed by atoms with E-state index in [4.69, 9.17) is 51.8 Å². The van der Waals surface area contributed by atoms with E-state index in [0.717, 1.165) is 25.7 Å². The number of ether oxygens (including phenoxy) is 3. The minimum atomic E-state index is -3.67. The minimum absolute atomic E-state index is 0. The Labute approximate surface area is 550 Å². The summed E-state index contributed by atoms with van der Waals surface area (Å²) < 4.78 is 44.3. The van der Waals surface area contributed by atoms with Crippen molar-refractivity contribution in [3.63, 3.8) is 0 Å². The van der Waals surface area contributed by atoms with Crippen LogP contribution in [0.2, 0.25) is 0 Å². The van der Waals surface area contributed by atoms with Crippen LogP contribution >= 0.6 is 11.6 Å². The number of nitrogens with two attached hydrogens (primary N) is 1. The summed E-state index contributed by atoms with van der Waals surface area (Å²) in [5.41, 5.74) is 5.06. The SMILES string of the molecule is CC(C)C[C@](C)(CCC(=O)OCCl)CC(=O)O.CC(C)C[C@](C)(CCC(=O)OC[n+]1cccc(C(=O)N(C)C)c1)CC(=O)O.CC(C)C[C@](C)(CCC(=O)OC[n+]1cccc(C(=O)N(C)C)c1)CC(=O)O.CC(C)C[C@](C)(CN)CC(=O)O.CS(=O)(=O)O.[I-]. The molecule has 0 saturated carbocycles. The van der Waals surface area contributed by atoms with E-state index in [2.05, 4.69) is 18.6 Å². The van der Waals surface area contributed by atoms with Gasteiger partial charge < -0.3 is 74.1 Å². The zero-order valence-corrected chi connectivity index (χ0v) is 59.4. The Kier molecular flexibility index (Phi) is 45.2. The molecular weight excluding hydrogens is 1310 g/mol. The van der Waals surface area contributed by atoms with Gasteiger partial charge in [0.25, 0.3) is 35.4 Å². The molecule has 4 atom stereocenters. The van der Waals surface area contributed by atoms with Gasteiger partial charge in [0.1, 0.15) is 11.1 Å². The molecule has 2 aromatic rings. The van der Waals surface area contributed by atoms with Crippen molar-refractivity contribution >= 4 is 75.3 Å². The van der Waals surface area contributed by atoms with Crippen molar-refractivity contribution in [3.05, 3.63) is 60.2 Å². The molecule has 24 nitrogen and oxygen atoms in total. The van der Waals surface area contributed by atoms with Crippen LogP contribution in [0.5, 0.6) is 0 Å². The number of halogens is 2. The molecule has 27 heteroatoms. The molecule has 0 unspecified atom stereocenters. The van der Waals surface area contributed by atoms with Gasteiger partial charge in [-0.1, -0.05) is 94.7 Å². The third-order valence-electron chi connectivity index (χ3n) is 13.2. The zero-order valence-electron chi connectivity index (χ0n) is 55.6. The van der Waals surface area contributed by atoms with Crippen LogP contribution in [0.3, 0.4) is 0 Å². The van der Waals surface area contributed by atoms with Gasteiger partial charge in [-0.3, -0.25) is 47.7 Å². The van der Waals surface area contributed by atoms with Gasteiger partial charge in [-0.15, -0.1) is 0 Å². The molecule has 2 rings (SSSR count). The highest BCUT2D eigenvalue weighted by Crippen LogP contribution is 2.37. The Bertz CT molecular complexity index is 2500. The molecule has 0 radical (unpaired) electrons. The highest BCUT2D eigenvalue weighted by atomic mass is 127. The first-order chi connectivity index (χ1) is 40.2. The van der Waals surface area contributed by atoms with Gasteiger partial charge in [-0.05, 0) is 109 Å². The second kappa shape index (κ2) is 44.8. The van der Waals surface area contributed by atoms with E-state index in [9.17, 15) is 51.6 Å². The van der Waals surface area contributed by atoms with Crippen LogP contribution in [0.25, 0.3) is 0 Å². The Balaban J connectivity index is -0.000000546. The summed E-state index contributed by atoms with van der Waals surface area (Å²) in [6, 6.07) is 6.68. The number of nitrogens with zero attached hydrogens (tertiary/aromatic N) is 4. The van der Waals surface area contributed by atoms with Crippen LogP contribution in [-0.4, -0.2) is 144 Å². The lowest BCUT2D eigenvalue weighted by atomic mass is 9.75. The van der Waals surface area contributed by atoms with Crippen LogP contribution in [0.4, 0.5) is 0 Å². The number of aromatic nitrogens is 2. The number of aliphatic carboxylic acids is 4. The first-order valence-corrected chi connectivity index (χ1v) is 31.6. The van der Waals surface area contributed by atoms with E-state index in [-0.39, 0.29) is 129 Å². The topological polar surface area (TPSA) is 357 Å². The predicted molar refractivity (Wildman–Crippen MR) is 332 cm³/mol. The molecular formula is C62H106ClIN5O19S+. The van der Waals surface area contributed by atoms with E-state index >= 15 is 0 Å². The van der Waals surface area contributed by atoms with Crippen molar-refractivity contribution in [2.75, 3.05) is 47.1 Å². The molecule has 0 saturated heterocycles. The van der Waals surface area contributed by atoms with Crippen molar-refractivity contribution in [1.29, 1.82) is 0 Å². The monoisotopic (exact) mass is 1420 g/mol. The molecule has 89 heavy (non-hydrogen) atoms. The van der Waals surface area contributed by atoms with Crippen molar-refractivity contribution < 1.29 is 124 Å². The van der Waals surface area contributed by atoms with Crippen molar-refractivity contribution in [2.45, 2.75) is 186 Å². The molecule has 0 aliphatic heterocycles. The Morgan fingerprint density at radius 2 is 0.775 bits per heavy atom. The smallest absolute Gasteiger partial charge is 0.310 e. The molecule has 0 aliphatic rings. The lowest BCUT2D eigenvalue weighted by molar-refractivity contribution is -0.727. The molecule has 2 aromatic heterocycles. The summed E-state index contributed by atoms with van der Waals surface area (Å²) in [6.07, 6.45) is 12.8. The minimum Gasteiger partial charge on any atom is -1.00 e. The molecule has 512 valence electrons. The number of hydrogen-bond donors (Lipinski definition) is 6. The van der Waals surface area contributed by atoms with Gasteiger partial charge >= 0.3 is 41.8 Å². The first-order valence-electron chi connectivity index (χ1n) is 29.2. The first kappa shape index (κ1) is 89.8. The third-order valence-corrected chi connectivity index (χ3v) is 13.3. The number of carboxylic acid groups (broad SMARTS) is 4. The maximum absolute atomic E-state index is 12.1.